The molecule has 2 heterocycles. The van der Waals surface area contributed by atoms with E-state index in [4.69, 9.17) is 0 Å². The van der Waals surface area contributed by atoms with Crippen LogP contribution in [0.25, 0.3) is 0 Å². The van der Waals surface area contributed by atoms with E-state index in [1.165, 1.54) is 31.2 Å². The van der Waals surface area contributed by atoms with Crippen LogP contribution in [-0.4, -0.2) is 36.4 Å². The molecule has 2 N–H and O–H groups in total. The Kier molecular flexibility index (Phi) is 8.26. The van der Waals surface area contributed by atoms with Crippen LogP contribution in [0.15, 0.2) is 42.6 Å². The Hall–Kier alpha value is -2.89. The predicted molar refractivity (Wildman–Crippen MR) is 129 cm³/mol. The Morgan fingerprint density at radius 2 is 1.66 bits per heavy atom. The number of hydrogen-bond acceptors (Lipinski definition) is 4. The molecule has 3 rings (SSSR count). The number of hydrogen-bond donors (Lipinski definition) is 2. The number of anilines is 1. The lowest BCUT2D eigenvalue weighted by atomic mass is 9.87. The molecule has 32 heavy (non-hydrogen) atoms. The van der Waals surface area contributed by atoms with Gasteiger partial charge in [-0.25, -0.2) is 4.98 Å². The van der Waals surface area contributed by atoms with Gasteiger partial charge in [0.25, 0.3) is 5.91 Å². The molecule has 0 atom stereocenters. The third-order valence-electron chi connectivity index (χ3n) is 5.88. The minimum Gasteiger partial charge on any atom is -0.357 e. The van der Waals surface area contributed by atoms with Gasteiger partial charge in [0, 0.05) is 44.4 Å². The maximum Gasteiger partial charge on any atom is 0.251 e. The summed E-state index contributed by atoms with van der Waals surface area (Å²) in [6, 6.07) is 11.6. The van der Waals surface area contributed by atoms with Gasteiger partial charge < -0.3 is 15.5 Å². The van der Waals surface area contributed by atoms with Crippen molar-refractivity contribution in [1.82, 2.24) is 15.6 Å². The van der Waals surface area contributed by atoms with Gasteiger partial charge in [-0.1, -0.05) is 45.7 Å². The van der Waals surface area contributed by atoms with Crippen LogP contribution in [0.2, 0.25) is 0 Å². The van der Waals surface area contributed by atoms with Crippen molar-refractivity contribution < 1.29 is 9.59 Å². The van der Waals surface area contributed by atoms with Crippen LogP contribution in [0.4, 0.5) is 5.82 Å². The number of carbonyl (C=O) groups excluding carboxylic acids is 2. The van der Waals surface area contributed by atoms with Crippen molar-refractivity contribution >= 4 is 17.6 Å². The first kappa shape index (κ1) is 23.8. The first-order chi connectivity index (χ1) is 15.3. The predicted octanol–water partition coefficient (Wildman–Crippen LogP) is 4.20. The van der Waals surface area contributed by atoms with Gasteiger partial charge in [0.1, 0.15) is 5.82 Å². The summed E-state index contributed by atoms with van der Waals surface area (Å²) in [5, 5.41) is 5.77. The maximum absolute atomic E-state index is 12.3. The number of nitrogens with one attached hydrogen (secondary N) is 2. The second-order valence-corrected chi connectivity index (χ2v) is 9.53. The first-order valence-corrected chi connectivity index (χ1v) is 11.7. The normalized spacial score (nSPS) is 14.5. The highest BCUT2D eigenvalue weighted by Crippen LogP contribution is 2.22. The van der Waals surface area contributed by atoms with Gasteiger partial charge in [0.2, 0.25) is 5.91 Å². The molecular formula is C26H36N4O2. The van der Waals surface area contributed by atoms with Crippen LogP contribution in [-0.2, 0) is 16.8 Å². The molecule has 0 unspecified atom stereocenters. The Morgan fingerprint density at radius 3 is 2.31 bits per heavy atom. The monoisotopic (exact) mass is 436 g/mol. The summed E-state index contributed by atoms with van der Waals surface area (Å²) in [5.41, 5.74) is 2.88. The quantitative estimate of drug-likeness (QED) is 0.682. The van der Waals surface area contributed by atoms with E-state index in [0.717, 1.165) is 24.5 Å². The topological polar surface area (TPSA) is 74.3 Å². The fraction of sp³-hybridized carbons (Fsp3) is 0.500. The lowest BCUT2D eigenvalue weighted by Crippen LogP contribution is -2.30. The van der Waals surface area contributed by atoms with E-state index in [-0.39, 0.29) is 23.7 Å². The van der Waals surface area contributed by atoms with Crippen LogP contribution in [0, 0.1) is 0 Å². The molecule has 1 aromatic carbocycles. The largest absolute Gasteiger partial charge is 0.357 e. The van der Waals surface area contributed by atoms with Gasteiger partial charge in [0.15, 0.2) is 0 Å². The molecule has 0 bridgehead atoms. The number of benzene rings is 1. The van der Waals surface area contributed by atoms with Crippen LogP contribution in [0.1, 0.15) is 74.4 Å². The maximum atomic E-state index is 12.3. The number of aromatic nitrogens is 1. The van der Waals surface area contributed by atoms with Crippen molar-refractivity contribution in [2.75, 3.05) is 24.5 Å². The standard InChI is InChI=1S/C26H36N4O2/c1-26(2,3)22-10-8-21(9-11-22)25(32)28-15-13-24(31)29-19-20-12-14-27-23(18-20)30-16-6-4-5-7-17-30/h8-12,14,18H,4-7,13,15-17,19H2,1-3H3,(H,28,32)(H,29,31). The highest BCUT2D eigenvalue weighted by molar-refractivity contribution is 5.94. The average molecular weight is 437 g/mol. The summed E-state index contributed by atoms with van der Waals surface area (Å²) in [6.45, 7) is 9.28. The van der Waals surface area contributed by atoms with E-state index in [0.29, 0.717) is 18.7 Å². The van der Waals surface area contributed by atoms with E-state index in [1.807, 2.05) is 36.5 Å². The van der Waals surface area contributed by atoms with Gasteiger partial charge in [-0.05, 0) is 53.6 Å². The SMILES string of the molecule is CC(C)(C)c1ccc(C(=O)NCCC(=O)NCc2ccnc(N3CCCCCC3)c2)cc1. The summed E-state index contributed by atoms with van der Waals surface area (Å²) >= 11 is 0. The lowest BCUT2D eigenvalue weighted by molar-refractivity contribution is -0.121. The zero-order chi connectivity index (χ0) is 23.0. The van der Waals surface area contributed by atoms with Crippen LogP contribution >= 0.6 is 0 Å². The Labute approximate surface area is 191 Å². The third kappa shape index (κ3) is 7.08. The fourth-order valence-corrected chi connectivity index (χ4v) is 3.85. The van der Waals surface area contributed by atoms with Gasteiger partial charge >= 0.3 is 0 Å². The van der Waals surface area contributed by atoms with Crippen LogP contribution in [0.3, 0.4) is 0 Å². The molecule has 0 spiro atoms. The van der Waals surface area contributed by atoms with E-state index in [9.17, 15) is 9.59 Å². The lowest BCUT2D eigenvalue weighted by Gasteiger charge is -2.21. The fourth-order valence-electron chi connectivity index (χ4n) is 3.85. The molecule has 1 saturated heterocycles. The molecule has 1 aliphatic heterocycles. The molecule has 2 aromatic rings. The van der Waals surface area contributed by atoms with E-state index < -0.39 is 0 Å². The number of amides is 2. The highest BCUT2D eigenvalue weighted by atomic mass is 16.2. The summed E-state index contributed by atoms with van der Waals surface area (Å²) in [6.07, 6.45) is 7.03. The van der Waals surface area contributed by atoms with Crippen molar-refractivity contribution in [1.29, 1.82) is 0 Å². The van der Waals surface area contributed by atoms with Crippen LogP contribution in [0.5, 0.6) is 0 Å². The molecule has 6 nitrogen and oxygen atoms in total. The average Bonchev–Trinajstić information content (AvgIpc) is 3.07. The van der Waals surface area contributed by atoms with E-state index in [2.05, 4.69) is 47.4 Å². The number of pyridine rings is 1. The van der Waals surface area contributed by atoms with Crippen LogP contribution < -0.4 is 15.5 Å². The zero-order valence-corrected chi connectivity index (χ0v) is 19.6. The van der Waals surface area contributed by atoms with Gasteiger partial charge in [-0.2, -0.15) is 0 Å². The zero-order valence-electron chi connectivity index (χ0n) is 19.6. The van der Waals surface area contributed by atoms with Gasteiger partial charge in [0.05, 0.1) is 0 Å². The van der Waals surface area contributed by atoms with Crippen molar-refractivity contribution in [3.8, 4) is 0 Å². The Balaban J connectivity index is 1.41. The molecule has 172 valence electrons. The molecule has 6 heteroatoms. The number of carbonyl (C=O) groups is 2. The molecule has 1 aliphatic rings. The number of nitrogens with zero attached hydrogens (tertiary/aromatic N) is 2. The van der Waals surface area contributed by atoms with E-state index >= 15 is 0 Å². The molecule has 1 aromatic heterocycles. The van der Waals surface area contributed by atoms with Crippen molar-refractivity contribution in [3.63, 3.8) is 0 Å². The second-order valence-electron chi connectivity index (χ2n) is 9.53. The van der Waals surface area contributed by atoms with Crippen molar-refractivity contribution in [2.45, 2.75) is 64.8 Å². The minimum absolute atomic E-state index is 0.0513. The van der Waals surface area contributed by atoms with Crippen molar-refractivity contribution in [3.05, 3.63) is 59.3 Å². The molecule has 0 saturated carbocycles. The summed E-state index contributed by atoms with van der Waals surface area (Å²) in [7, 11) is 0. The molecule has 1 fully saturated rings. The van der Waals surface area contributed by atoms with Gasteiger partial charge in [-0.15, -0.1) is 0 Å². The summed E-state index contributed by atoms with van der Waals surface area (Å²) in [5.74, 6) is 0.749. The molecule has 0 radical (unpaired) electrons. The van der Waals surface area contributed by atoms with E-state index in [1.54, 1.807) is 0 Å². The highest BCUT2D eigenvalue weighted by Gasteiger charge is 2.15. The Bertz CT molecular complexity index is 895. The molecule has 2 amide bonds. The third-order valence-corrected chi connectivity index (χ3v) is 5.88. The summed E-state index contributed by atoms with van der Waals surface area (Å²) in [4.78, 5) is 31.4. The first-order valence-electron chi connectivity index (χ1n) is 11.7. The minimum atomic E-state index is -0.158. The summed E-state index contributed by atoms with van der Waals surface area (Å²) < 4.78 is 0. The second kappa shape index (κ2) is 11.1. The molecular weight excluding hydrogens is 400 g/mol. The van der Waals surface area contributed by atoms with Crippen molar-refractivity contribution in [2.24, 2.45) is 0 Å². The Morgan fingerprint density at radius 1 is 0.969 bits per heavy atom. The molecule has 0 aliphatic carbocycles. The van der Waals surface area contributed by atoms with Gasteiger partial charge in [-0.3, -0.25) is 9.59 Å². The number of rotatable bonds is 7. The smallest absolute Gasteiger partial charge is 0.251 e.